The second kappa shape index (κ2) is 60.6. The van der Waals surface area contributed by atoms with Gasteiger partial charge in [0.25, 0.3) is 0 Å². The maximum atomic E-state index is 12.5. The molecule has 0 saturated heterocycles. The van der Waals surface area contributed by atoms with E-state index in [4.69, 9.17) is 4.74 Å². The zero-order chi connectivity index (χ0) is 51.4. The third-order valence-corrected chi connectivity index (χ3v) is 14.7. The fourth-order valence-corrected chi connectivity index (χ4v) is 9.78. The van der Waals surface area contributed by atoms with Gasteiger partial charge in [-0.3, -0.25) is 9.59 Å². The summed E-state index contributed by atoms with van der Waals surface area (Å²) in [4.78, 5) is 24.6. The van der Waals surface area contributed by atoms with Crippen LogP contribution in [0.2, 0.25) is 0 Å². The second-order valence-electron chi connectivity index (χ2n) is 21.7. The molecule has 418 valence electrons. The first-order chi connectivity index (χ1) is 35.0. The average molecular weight is 999 g/mol. The Hall–Kier alpha value is -1.92. The number of aliphatic hydroxyl groups excluding tert-OH is 2. The number of hydrogen-bond acceptors (Lipinski definition) is 5. The number of hydrogen-bond donors (Lipinski definition) is 3. The van der Waals surface area contributed by atoms with Crippen LogP contribution in [0.4, 0.5) is 0 Å². The minimum absolute atomic E-state index is 0.0100. The first-order valence-electron chi connectivity index (χ1n) is 31.8. The maximum absolute atomic E-state index is 12.5. The average Bonchev–Trinajstić information content (AvgIpc) is 3.37. The van der Waals surface area contributed by atoms with E-state index in [1.807, 2.05) is 6.08 Å². The normalized spacial score (nSPS) is 12.8. The van der Waals surface area contributed by atoms with E-state index < -0.39 is 12.1 Å². The predicted molar refractivity (Wildman–Crippen MR) is 310 cm³/mol. The van der Waals surface area contributed by atoms with Crippen molar-refractivity contribution in [2.45, 2.75) is 353 Å². The number of esters is 1. The van der Waals surface area contributed by atoms with Crippen molar-refractivity contribution in [3.8, 4) is 0 Å². The molecular weight excluding hydrogens is 875 g/mol. The molecule has 0 aromatic heterocycles. The Bertz CT molecular complexity index is 1150. The van der Waals surface area contributed by atoms with Crippen molar-refractivity contribution < 1.29 is 24.5 Å². The Morgan fingerprint density at radius 1 is 0.394 bits per heavy atom. The summed E-state index contributed by atoms with van der Waals surface area (Å²) in [5.41, 5.74) is 0. The topological polar surface area (TPSA) is 95.9 Å². The lowest BCUT2D eigenvalue weighted by Gasteiger charge is -2.20. The summed E-state index contributed by atoms with van der Waals surface area (Å²) in [7, 11) is 0. The highest BCUT2D eigenvalue weighted by molar-refractivity contribution is 5.76. The Kier molecular flexibility index (Phi) is 59.0. The van der Waals surface area contributed by atoms with Crippen molar-refractivity contribution in [3.63, 3.8) is 0 Å². The zero-order valence-corrected chi connectivity index (χ0v) is 47.7. The molecule has 0 heterocycles. The van der Waals surface area contributed by atoms with Crippen LogP contribution in [0.1, 0.15) is 341 Å². The fraction of sp³-hybridized carbons (Fsp3) is 0.877. The van der Waals surface area contributed by atoms with Crippen LogP contribution >= 0.6 is 0 Å². The lowest BCUT2D eigenvalue weighted by atomic mass is 10.0. The molecule has 0 aromatic rings. The van der Waals surface area contributed by atoms with E-state index in [0.29, 0.717) is 19.4 Å². The molecule has 0 spiro atoms. The first-order valence-corrected chi connectivity index (χ1v) is 31.8. The molecule has 2 atom stereocenters. The summed E-state index contributed by atoms with van der Waals surface area (Å²) >= 11 is 0. The van der Waals surface area contributed by atoms with Crippen LogP contribution in [-0.2, 0) is 14.3 Å². The molecule has 0 radical (unpaired) electrons. The van der Waals surface area contributed by atoms with Crippen LogP contribution < -0.4 is 5.32 Å². The number of amides is 1. The first kappa shape index (κ1) is 69.1. The lowest BCUT2D eigenvalue weighted by Crippen LogP contribution is -2.45. The highest BCUT2D eigenvalue weighted by Gasteiger charge is 2.18. The Labute approximate surface area is 443 Å². The molecule has 1 amide bonds. The van der Waals surface area contributed by atoms with Gasteiger partial charge in [-0.25, -0.2) is 0 Å². The molecule has 0 aliphatic heterocycles. The van der Waals surface area contributed by atoms with Crippen molar-refractivity contribution in [3.05, 3.63) is 36.5 Å². The van der Waals surface area contributed by atoms with Gasteiger partial charge in [0.2, 0.25) is 5.91 Å². The minimum atomic E-state index is -0.855. The summed E-state index contributed by atoms with van der Waals surface area (Å²) in [5.74, 6) is -0.0881. The highest BCUT2D eigenvalue weighted by atomic mass is 16.5. The van der Waals surface area contributed by atoms with E-state index in [0.717, 1.165) is 64.2 Å². The molecular formula is C65H123NO5. The number of allylic oxidation sites excluding steroid dienone is 5. The van der Waals surface area contributed by atoms with Crippen LogP contribution in [0.3, 0.4) is 0 Å². The van der Waals surface area contributed by atoms with Crippen molar-refractivity contribution in [2.75, 3.05) is 13.2 Å². The van der Waals surface area contributed by atoms with Gasteiger partial charge in [0.15, 0.2) is 0 Å². The monoisotopic (exact) mass is 998 g/mol. The zero-order valence-electron chi connectivity index (χ0n) is 47.7. The number of rotatable bonds is 59. The van der Waals surface area contributed by atoms with Gasteiger partial charge in [-0.2, -0.15) is 0 Å². The smallest absolute Gasteiger partial charge is 0.305 e. The van der Waals surface area contributed by atoms with Gasteiger partial charge in [-0.1, -0.05) is 301 Å². The van der Waals surface area contributed by atoms with E-state index >= 15 is 0 Å². The van der Waals surface area contributed by atoms with Crippen LogP contribution in [0.25, 0.3) is 0 Å². The Morgan fingerprint density at radius 2 is 0.704 bits per heavy atom. The van der Waals surface area contributed by atoms with E-state index in [1.165, 1.54) is 250 Å². The van der Waals surface area contributed by atoms with Crippen molar-refractivity contribution in [1.29, 1.82) is 0 Å². The van der Waals surface area contributed by atoms with E-state index in [-0.39, 0.29) is 18.5 Å². The summed E-state index contributed by atoms with van der Waals surface area (Å²) < 4.78 is 5.49. The van der Waals surface area contributed by atoms with Crippen LogP contribution in [0.5, 0.6) is 0 Å². The molecule has 0 aliphatic carbocycles. The van der Waals surface area contributed by atoms with E-state index in [2.05, 4.69) is 43.5 Å². The second-order valence-corrected chi connectivity index (χ2v) is 21.7. The summed E-state index contributed by atoms with van der Waals surface area (Å²) in [6, 6.07) is -0.639. The summed E-state index contributed by atoms with van der Waals surface area (Å²) in [6.45, 7) is 4.87. The van der Waals surface area contributed by atoms with Gasteiger partial charge in [-0.05, 0) is 64.2 Å². The number of aliphatic hydroxyl groups is 2. The standard InChI is InChI=1S/C65H123NO5/c1-3-5-7-9-11-13-15-17-19-21-23-24-25-27-28-30-33-37-41-45-49-53-57-63(68)62(61-67)66-64(69)58-54-50-46-42-38-34-32-36-40-44-48-52-56-60-71-65(70)59-55-51-47-43-39-35-31-29-26-22-20-18-16-14-12-10-8-6-4-2/h12,14,18,20,53,57,62-63,67-68H,3-11,13,15-17,19,21-52,54-56,58-61H2,1-2H3,(H,66,69)/b14-12-,20-18-,57-53+. The highest BCUT2D eigenvalue weighted by Crippen LogP contribution is 2.17. The van der Waals surface area contributed by atoms with E-state index in [1.54, 1.807) is 6.08 Å². The number of ether oxygens (including phenoxy) is 1. The molecule has 0 fully saturated rings. The van der Waals surface area contributed by atoms with Gasteiger partial charge >= 0.3 is 5.97 Å². The number of carbonyl (C=O) groups is 2. The van der Waals surface area contributed by atoms with Crippen LogP contribution in [-0.4, -0.2) is 47.4 Å². The molecule has 71 heavy (non-hydrogen) atoms. The van der Waals surface area contributed by atoms with Gasteiger partial charge in [0.1, 0.15) is 0 Å². The molecule has 0 saturated carbocycles. The Morgan fingerprint density at radius 3 is 1.10 bits per heavy atom. The minimum Gasteiger partial charge on any atom is -0.466 e. The van der Waals surface area contributed by atoms with Gasteiger partial charge < -0.3 is 20.3 Å². The number of nitrogens with one attached hydrogen (secondary N) is 1. The van der Waals surface area contributed by atoms with Gasteiger partial charge in [0, 0.05) is 12.8 Å². The van der Waals surface area contributed by atoms with Gasteiger partial charge in [-0.15, -0.1) is 0 Å². The summed E-state index contributed by atoms with van der Waals surface area (Å²) in [5, 5.41) is 23.2. The maximum Gasteiger partial charge on any atom is 0.305 e. The van der Waals surface area contributed by atoms with Crippen molar-refractivity contribution in [2.24, 2.45) is 0 Å². The third-order valence-electron chi connectivity index (χ3n) is 14.7. The molecule has 2 unspecified atom stereocenters. The predicted octanol–water partition coefficient (Wildman–Crippen LogP) is 20.0. The third kappa shape index (κ3) is 57.2. The number of unbranched alkanes of at least 4 members (excludes halogenated alkanes) is 44. The lowest BCUT2D eigenvalue weighted by molar-refractivity contribution is -0.143. The molecule has 0 rings (SSSR count). The molecule has 0 aliphatic rings. The Balaban J connectivity index is 3.47. The quantitative estimate of drug-likeness (QED) is 0.0321. The van der Waals surface area contributed by atoms with Crippen molar-refractivity contribution in [1.82, 2.24) is 5.32 Å². The van der Waals surface area contributed by atoms with Gasteiger partial charge in [0.05, 0.1) is 25.4 Å². The van der Waals surface area contributed by atoms with Crippen LogP contribution in [0, 0.1) is 0 Å². The summed E-state index contributed by atoms with van der Waals surface area (Å²) in [6.07, 6.45) is 76.0. The largest absolute Gasteiger partial charge is 0.466 e. The SMILES string of the molecule is CCCCC/C=C\C/C=C\CCCCCCCCCCCC(=O)OCCCCCCCCCCCCCCCC(=O)NC(CO)C(O)/C=C/CCCCCCCCCCCCCCCCCCCCCC. The molecule has 0 bridgehead atoms. The van der Waals surface area contributed by atoms with Crippen LogP contribution in [0.15, 0.2) is 36.5 Å². The molecule has 3 N–H and O–H groups in total. The molecule has 6 nitrogen and oxygen atoms in total. The number of carbonyl (C=O) groups excluding carboxylic acids is 2. The molecule has 6 heteroatoms. The van der Waals surface area contributed by atoms with E-state index in [9.17, 15) is 19.8 Å². The molecule has 0 aromatic carbocycles. The van der Waals surface area contributed by atoms with Crippen molar-refractivity contribution >= 4 is 11.9 Å². The fourth-order valence-electron chi connectivity index (χ4n) is 9.78.